The minimum absolute atomic E-state index is 0.448. The van der Waals surface area contributed by atoms with E-state index in [2.05, 4.69) is 20.6 Å². The monoisotopic (exact) mass is 126 g/mol. The molecule has 48 valence electrons. The summed E-state index contributed by atoms with van der Waals surface area (Å²) in [7, 11) is 0. The summed E-state index contributed by atoms with van der Waals surface area (Å²) in [6.45, 7) is 1.64. The molecule has 2 N–H and O–H groups in total. The average molecular weight is 126 g/mol. The molecular weight excluding hydrogens is 120 g/mol. The van der Waals surface area contributed by atoms with Crippen molar-refractivity contribution >= 4 is 5.71 Å². The fraction of sp³-hybridized carbons (Fsp3) is 0.250. The first-order valence-electron chi connectivity index (χ1n) is 2.39. The van der Waals surface area contributed by atoms with Crippen molar-refractivity contribution in [3.63, 3.8) is 0 Å². The fourth-order valence-corrected chi connectivity index (χ4v) is 0.427. The van der Waals surface area contributed by atoms with Crippen LogP contribution in [0.4, 0.5) is 0 Å². The molecule has 1 rings (SSSR count). The zero-order chi connectivity index (χ0) is 6.69. The van der Waals surface area contributed by atoms with Gasteiger partial charge in [0, 0.05) is 0 Å². The van der Waals surface area contributed by atoms with Crippen LogP contribution in [0.1, 0.15) is 12.6 Å². The SMILES string of the molecule is CC(=NO)c1cn[nH]n1. The standard InChI is InChI=1S/C4H6N4O/c1-3(7-9)4-2-5-8-6-4/h2,9H,1H3,(H,5,6,8). The second kappa shape index (κ2) is 2.25. The summed E-state index contributed by atoms with van der Waals surface area (Å²) in [4.78, 5) is 0. The highest BCUT2D eigenvalue weighted by molar-refractivity contribution is 5.95. The molecule has 0 aliphatic heterocycles. The Morgan fingerprint density at radius 3 is 3.11 bits per heavy atom. The van der Waals surface area contributed by atoms with Crippen LogP contribution < -0.4 is 0 Å². The zero-order valence-electron chi connectivity index (χ0n) is 4.87. The van der Waals surface area contributed by atoms with Gasteiger partial charge in [0.05, 0.1) is 6.20 Å². The molecule has 1 aromatic heterocycles. The van der Waals surface area contributed by atoms with E-state index in [4.69, 9.17) is 5.21 Å². The van der Waals surface area contributed by atoms with Gasteiger partial charge in [-0.2, -0.15) is 15.4 Å². The van der Waals surface area contributed by atoms with Crippen LogP contribution in [-0.4, -0.2) is 26.3 Å². The first-order valence-corrected chi connectivity index (χ1v) is 2.39. The molecule has 0 aromatic carbocycles. The summed E-state index contributed by atoms with van der Waals surface area (Å²) < 4.78 is 0. The molecule has 0 saturated heterocycles. The van der Waals surface area contributed by atoms with Crippen molar-refractivity contribution in [1.29, 1.82) is 0 Å². The maximum atomic E-state index is 8.21. The zero-order valence-corrected chi connectivity index (χ0v) is 4.87. The van der Waals surface area contributed by atoms with Gasteiger partial charge in [-0.1, -0.05) is 5.16 Å². The molecule has 0 bridgehead atoms. The van der Waals surface area contributed by atoms with Crippen LogP contribution in [0.5, 0.6) is 0 Å². The number of H-pyrrole nitrogens is 1. The Balaban J connectivity index is 2.90. The topological polar surface area (TPSA) is 74.2 Å². The lowest BCUT2D eigenvalue weighted by Gasteiger charge is -1.84. The van der Waals surface area contributed by atoms with Gasteiger partial charge in [-0.25, -0.2) is 0 Å². The second-order valence-corrected chi connectivity index (χ2v) is 1.54. The Morgan fingerprint density at radius 1 is 1.89 bits per heavy atom. The lowest BCUT2D eigenvalue weighted by molar-refractivity contribution is 0.319. The molecule has 0 atom stereocenters. The normalized spacial score (nSPS) is 11.9. The third-order valence-corrected chi connectivity index (χ3v) is 0.936. The van der Waals surface area contributed by atoms with Crippen molar-refractivity contribution < 1.29 is 5.21 Å². The van der Waals surface area contributed by atoms with Crippen LogP contribution in [0.3, 0.4) is 0 Å². The minimum atomic E-state index is 0.448. The first kappa shape index (κ1) is 5.74. The highest BCUT2D eigenvalue weighted by Crippen LogP contribution is 1.89. The highest BCUT2D eigenvalue weighted by atomic mass is 16.4. The number of nitrogens with one attached hydrogen (secondary N) is 1. The van der Waals surface area contributed by atoms with Crippen LogP contribution in [0.25, 0.3) is 0 Å². The molecule has 1 aromatic rings. The third-order valence-electron chi connectivity index (χ3n) is 0.936. The van der Waals surface area contributed by atoms with Crippen molar-refractivity contribution in [3.05, 3.63) is 11.9 Å². The van der Waals surface area contributed by atoms with Crippen LogP contribution in [-0.2, 0) is 0 Å². The molecule has 0 amide bonds. The molecule has 0 unspecified atom stereocenters. The number of aromatic amines is 1. The van der Waals surface area contributed by atoms with E-state index in [0.29, 0.717) is 11.4 Å². The van der Waals surface area contributed by atoms with E-state index in [1.807, 2.05) is 0 Å². The van der Waals surface area contributed by atoms with Crippen LogP contribution >= 0.6 is 0 Å². The van der Waals surface area contributed by atoms with Crippen molar-refractivity contribution in [2.75, 3.05) is 0 Å². The molecule has 0 saturated carbocycles. The molecule has 0 aliphatic carbocycles. The first-order chi connectivity index (χ1) is 4.34. The van der Waals surface area contributed by atoms with Gasteiger partial charge in [0.15, 0.2) is 0 Å². The van der Waals surface area contributed by atoms with Crippen molar-refractivity contribution in [3.8, 4) is 0 Å². The molecule has 5 nitrogen and oxygen atoms in total. The van der Waals surface area contributed by atoms with Gasteiger partial charge in [-0.3, -0.25) is 0 Å². The van der Waals surface area contributed by atoms with Crippen molar-refractivity contribution in [1.82, 2.24) is 15.4 Å². The van der Waals surface area contributed by atoms with Gasteiger partial charge in [0.25, 0.3) is 0 Å². The summed E-state index contributed by atoms with van der Waals surface area (Å²) in [5.41, 5.74) is 1.00. The summed E-state index contributed by atoms with van der Waals surface area (Å²) in [5, 5.41) is 20.7. The number of oxime groups is 1. The maximum Gasteiger partial charge on any atom is 0.130 e. The maximum absolute atomic E-state index is 8.21. The third kappa shape index (κ3) is 1.04. The Hall–Kier alpha value is -1.39. The number of aromatic nitrogens is 3. The lowest BCUT2D eigenvalue weighted by Crippen LogP contribution is -1.93. The van der Waals surface area contributed by atoms with Gasteiger partial charge >= 0.3 is 0 Å². The Labute approximate surface area is 51.4 Å². The second-order valence-electron chi connectivity index (χ2n) is 1.54. The molecule has 0 radical (unpaired) electrons. The van der Waals surface area contributed by atoms with Gasteiger partial charge in [-0.15, -0.1) is 0 Å². The Kier molecular flexibility index (Phi) is 1.44. The molecule has 1 heterocycles. The predicted molar refractivity (Wildman–Crippen MR) is 30.4 cm³/mol. The van der Waals surface area contributed by atoms with E-state index in [0.717, 1.165) is 0 Å². The molecule has 0 aliphatic rings. The van der Waals surface area contributed by atoms with Gasteiger partial charge in [0.1, 0.15) is 11.4 Å². The summed E-state index contributed by atoms with van der Waals surface area (Å²) in [6.07, 6.45) is 1.48. The Bertz CT molecular complexity index is 202. The van der Waals surface area contributed by atoms with Gasteiger partial charge < -0.3 is 5.21 Å². The van der Waals surface area contributed by atoms with Crippen molar-refractivity contribution in [2.24, 2.45) is 5.16 Å². The summed E-state index contributed by atoms with van der Waals surface area (Å²) in [5.74, 6) is 0. The number of rotatable bonds is 1. The van der Waals surface area contributed by atoms with E-state index in [1.165, 1.54) is 6.20 Å². The molecule has 9 heavy (non-hydrogen) atoms. The summed E-state index contributed by atoms with van der Waals surface area (Å²) >= 11 is 0. The van der Waals surface area contributed by atoms with Gasteiger partial charge in [0.2, 0.25) is 0 Å². The number of hydrogen-bond donors (Lipinski definition) is 2. The highest BCUT2D eigenvalue weighted by Gasteiger charge is 1.97. The largest absolute Gasteiger partial charge is 0.411 e. The van der Waals surface area contributed by atoms with E-state index in [1.54, 1.807) is 6.92 Å². The average Bonchev–Trinajstić information content (AvgIpc) is 2.37. The van der Waals surface area contributed by atoms with E-state index >= 15 is 0 Å². The van der Waals surface area contributed by atoms with E-state index in [9.17, 15) is 0 Å². The minimum Gasteiger partial charge on any atom is -0.411 e. The van der Waals surface area contributed by atoms with E-state index < -0.39 is 0 Å². The van der Waals surface area contributed by atoms with Crippen LogP contribution in [0, 0.1) is 0 Å². The molecule has 0 spiro atoms. The van der Waals surface area contributed by atoms with Crippen molar-refractivity contribution in [2.45, 2.75) is 6.92 Å². The molecular formula is C4H6N4O. The molecule has 5 heteroatoms. The predicted octanol–water partition coefficient (Wildman–Crippen LogP) is 0.00290. The Morgan fingerprint density at radius 2 is 2.67 bits per heavy atom. The fourth-order valence-electron chi connectivity index (χ4n) is 0.427. The van der Waals surface area contributed by atoms with E-state index in [-0.39, 0.29) is 0 Å². The van der Waals surface area contributed by atoms with Gasteiger partial charge in [-0.05, 0) is 6.92 Å². The van der Waals surface area contributed by atoms with Crippen LogP contribution in [0.2, 0.25) is 0 Å². The smallest absolute Gasteiger partial charge is 0.130 e. The number of hydrogen-bond acceptors (Lipinski definition) is 4. The summed E-state index contributed by atoms with van der Waals surface area (Å²) in [6, 6.07) is 0. The molecule has 0 fully saturated rings. The quantitative estimate of drug-likeness (QED) is 0.316. The lowest BCUT2D eigenvalue weighted by atomic mass is 10.3. The number of nitrogens with zero attached hydrogens (tertiary/aromatic N) is 3. The van der Waals surface area contributed by atoms with Crippen LogP contribution in [0.15, 0.2) is 11.4 Å².